The van der Waals surface area contributed by atoms with Crippen LogP contribution in [0.25, 0.3) is 0 Å². The zero-order valence-corrected chi connectivity index (χ0v) is 8.42. The Balaban J connectivity index is 2.96. The summed E-state index contributed by atoms with van der Waals surface area (Å²) in [5.41, 5.74) is 0.216. The molecule has 0 spiro atoms. The molecule has 15 heavy (non-hydrogen) atoms. The van der Waals surface area contributed by atoms with Crippen LogP contribution in [0.15, 0.2) is 24.3 Å². The second-order valence-electron chi connectivity index (χ2n) is 2.76. The van der Waals surface area contributed by atoms with E-state index in [0.717, 1.165) is 0 Å². The number of aliphatic carboxylic acids is 1. The molecule has 0 fully saturated rings. The molecule has 0 aliphatic heterocycles. The molecule has 0 saturated carbocycles. The third-order valence-corrected chi connectivity index (χ3v) is 1.97. The number of phosphoric ester groups is 1. The Morgan fingerprint density at radius 1 is 1.33 bits per heavy atom. The number of carboxylic acid groups (broad SMARTS) is 1. The highest BCUT2D eigenvalue weighted by Crippen LogP contribution is 2.38. The molecule has 0 aliphatic carbocycles. The molecule has 0 bridgehead atoms. The number of rotatable bonds is 4. The van der Waals surface area contributed by atoms with E-state index >= 15 is 0 Å². The Bertz CT molecular complexity index is 409. The van der Waals surface area contributed by atoms with Gasteiger partial charge in [-0.2, -0.15) is 0 Å². The van der Waals surface area contributed by atoms with Crippen molar-refractivity contribution in [3.63, 3.8) is 0 Å². The Labute approximate surface area is 85.4 Å². The van der Waals surface area contributed by atoms with Gasteiger partial charge in [-0.1, -0.05) is 18.2 Å². The van der Waals surface area contributed by atoms with Gasteiger partial charge in [0.2, 0.25) is 0 Å². The second kappa shape index (κ2) is 4.44. The fraction of sp³-hybridized carbons (Fsp3) is 0.125. The number of phosphoric acid groups is 1. The number of para-hydroxylation sites is 1. The van der Waals surface area contributed by atoms with Gasteiger partial charge in [0.05, 0.1) is 6.42 Å². The van der Waals surface area contributed by atoms with Gasteiger partial charge < -0.3 is 9.63 Å². The summed E-state index contributed by atoms with van der Waals surface area (Å²) in [7, 11) is -4.65. The summed E-state index contributed by atoms with van der Waals surface area (Å²) in [5, 5.41) is 8.54. The van der Waals surface area contributed by atoms with Crippen molar-refractivity contribution < 1.29 is 28.8 Å². The maximum atomic E-state index is 10.6. The summed E-state index contributed by atoms with van der Waals surface area (Å²) in [4.78, 5) is 27.6. The number of carbonyl (C=O) groups is 1. The predicted molar refractivity (Wildman–Crippen MR) is 50.5 cm³/mol. The first kappa shape index (κ1) is 11.7. The summed E-state index contributed by atoms with van der Waals surface area (Å²) in [6, 6.07) is 5.79. The molecule has 0 aromatic heterocycles. The van der Waals surface area contributed by atoms with Crippen molar-refractivity contribution in [1.29, 1.82) is 0 Å². The number of hydrogen-bond donors (Lipinski definition) is 3. The first-order chi connectivity index (χ1) is 6.88. The smallest absolute Gasteiger partial charge is 0.481 e. The minimum absolute atomic E-state index is 0.117. The van der Waals surface area contributed by atoms with E-state index in [1.54, 1.807) is 6.07 Å². The standard InChI is InChI=1S/C8H9O6P/c9-8(10)5-6-3-1-2-4-7(6)14-15(11,12)13/h1-4H,5H2,(H,9,10)(H2,11,12,13). The van der Waals surface area contributed by atoms with Gasteiger partial charge in [0, 0.05) is 5.56 Å². The van der Waals surface area contributed by atoms with Crippen LogP contribution in [0.3, 0.4) is 0 Å². The van der Waals surface area contributed by atoms with Crippen LogP contribution in [0.4, 0.5) is 0 Å². The highest BCUT2D eigenvalue weighted by molar-refractivity contribution is 7.46. The number of hydrogen-bond acceptors (Lipinski definition) is 3. The zero-order chi connectivity index (χ0) is 11.5. The van der Waals surface area contributed by atoms with E-state index in [9.17, 15) is 9.36 Å². The first-order valence-corrected chi connectivity index (χ1v) is 5.46. The molecule has 1 rings (SSSR count). The minimum Gasteiger partial charge on any atom is -0.481 e. The van der Waals surface area contributed by atoms with Gasteiger partial charge in [0.25, 0.3) is 0 Å². The van der Waals surface area contributed by atoms with Crippen LogP contribution in [0.5, 0.6) is 5.75 Å². The van der Waals surface area contributed by atoms with Crippen molar-refractivity contribution >= 4 is 13.8 Å². The van der Waals surface area contributed by atoms with Crippen molar-refractivity contribution in [2.45, 2.75) is 6.42 Å². The molecular weight excluding hydrogens is 223 g/mol. The quantitative estimate of drug-likeness (QED) is 0.663. The molecule has 0 aliphatic rings. The van der Waals surface area contributed by atoms with Gasteiger partial charge in [-0.25, -0.2) is 4.57 Å². The SMILES string of the molecule is O=C(O)Cc1ccccc1OP(=O)(O)O. The first-order valence-electron chi connectivity index (χ1n) is 3.93. The molecular formula is C8H9O6P. The monoisotopic (exact) mass is 232 g/mol. The maximum absolute atomic E-state index is 10.6. The lowest BCUT2D eigenvalue weighted by Crippen LogP contribution is -2.02. The van der Waals surface area contributed by atoms with E-state index in [4.69, 9.17) is 14.9 Å². The lowest BCUT2D eigenvalue weighted by molar-refractivity contribution is -0.136. The number of carboxylic acids is 1. The zero-order valence-electron chi connectivity index (χ0n) is 7.53. The van der Waals surface area contributed by atoms with E-state index in [1.165, 1.54) is 18.2 Å². The Hall–Kier alpha value is -1.36. The molecule has 0 unspecified atom stereocenters. The molecule has 0 radical (unpaired) electrons. The summed E-state index contributed by atoms with van der Waals surface area (Å²) < 4.78 is 14.9. The van der Waals surface area contributed by atoms with E-state index in [1.807, 2.05) is 0 Å². The topological polar surface area (TPSA) is 104 Å². The van der Waals surface area contributed by atoms with Gasteiger partial charge >= 0.3 is 13.8 Å². The summed E-state index contributed by atoms with van der Waals surface area (Å²) in [6.07, 6.45) is -0.351. The van der Waals surface area contributed by atoms with Crippen molar-refractivity contribution in [3.05, 3.63) is 29.8 Å². The Morgan fingerprint density at radius 2 is 1.93 bits per heavy atom. The predicted octanol–water partition coefficient (Wildman–Crippen LogP) is 0.785. The van der Waals surface area contributed by atoms with Gasteiger partial charge in [0.15, 0.2) is 0 Å². The molecule has 0 atom stereocenters. The van der Waals surface area contributed by atoms with E-state index in [-0.39, 0.29) is 17.7 Å². The summed E-state index contributed by atoms with van der Waals surface area (Å²) in [5.74, 6) is -1.22. The lowest BCUT2D eigenvalue weighted by atomic mass is 10.1. The van der Waals surface area contributed by atoms with Gasteiger partial charge in [-0.15, -0.1) is 0 Å². The van der Waals surface area contributed by atoms with Gasteiger partial charge in [-0.3, -0.25) is 14.6 Å². The average molecular weight is 232 g/mol. The second-order valence-corrected chi connectivity index (χ2v) is 3.92. The molecule has 0 saturated heterocycles. The van der Waals surface area contributed by atoms with Crippen LogP contribution >= 0.6 is 7.82 Å². The molecule has 6 nitrogen and oxygen atoms in total. The highest BCUT2D eigenvalue weighted by Gasteiger charge is 2.18. The van der Waals surface area contributed by atoms with Crippen LogP contribution < -0.4 is 4.52 Å². The van der Waals surface area contributed by atoms with E-state index in [0.29, 0.717) is 0 Å². The normalized spacial score (nSPS) is 11.1. The maximum Gasteiger partial charge on any atom is 0.524 e. The van der Waals surface area contributed by atoms with Crippen molar-refractivity contribution in [1.82, 2.24) is 0 Å². The largest absolute Gasteiger partial charge is 0.524 e. The molecule has 0 amide bonds. The molecule has 1 aromatic carbocycles. The number of benzene rings is 1. The van der Waals surface area contributed by atoms with Crippen LogP contribution in [0.2, 0.25) is 0 Å². The fourth-order valence-electron chi connectivity index (χ4n) is 1.03. The third-order valence-electron chi connectivity index (χ3n) is 1.53. The third kappa shape index (κ3) is 4.12. The Kier molecular flexibility index (Phi) is 3.47. The molecule has 0 heterocycles. The fourth-order valence-corrected chi connectivity index (χ4v) is 1.46. The van der Waals surface area contributed by atoms with Crippen LogP contribution in [0.1, 0.15) is 5.56 Å². The van der Waals surface area contributed by atoms with E-state index < -0.39 is 13.8 Å². The Morgan fingerprint density at radius 3 is 2.47 bits per heavy atom. The summed E-state index contributed by atoms with van der Waals surface area (Å²) in [6.45, 7) is 0. The van der Waals surface area contributed by atoms with Gasteiger partial charge in [0.1, 0.15) is 5.75 Å². The average Bonchev–Trinajstić information content (AvgIpc) is 2.05. The van der Waals surface area contributed by atoms with Gasteiger partial charge in [-0.05, 0) is 6.07 Å². The van der Waals surface area contributed by atoms with E-state index in [2.05, 4.69) is 4.52 Å². The van der Waals surface area contributed by atoms with Crippen molar-refractivity contribution in [2.24, 2.45) is 0 Å². The molecule has 82 valence electrons. The van der Waals surface area contributed by atoms with Crippen molar-refractivity contribution in [3.8, 4) is 5.75 Å². The summed E-state index contributed by atoms with van der Waals surface area (Å²) >= 11 is 0. The van der Waals surface area contributed by atoms with Crippen molar-refractivity contribution in [2.75, 3.05) is 0 Å². The lowest BCUT2D eigenvalue weighted by Gasteiger charge is -2.09. The van der Waals surface area contributed by atoms with Crippen LogP contribution in [-0.2, 0) is 15.8 Å². The minimum atomic E-state index is -4.65. The molecule has 3 N–H and O–H groups in total. The molecule has 7 heteroatoms. The van der Waals surface area contributed by atoms with Crippen LogP contribution in [-0.4, -0.2) is 20.9 Å². The highest BCUT2D eigenvalue weighted by atomic mass is 31.2. The molecule has 1 aromatic rings. The van der Waals surface area contributed by atoms with Crippen LogP contribution in [0, 0.1) is 0 Å².